The van der Waals surface area contributed by atoms with Crippen molar-refractivity contribution in [2.45, 2.75) is 6.54 Å². The lowest BCUT2D eigenvalue weighted by atomic mass is 10.1. The minimum Gasteiger partial charge on any atom is -0.347 e. The largest absolute Gasteiger partial charge is 0.347 e. The van der Waals surface area contributed by atoms with Gasteiger partial charge >= 0.3 is 0 Å². The van der Waals surface area contributed by atoms with Crippen molar-refractivity contribution in [1.29, 1.82) is 0 Å². The van der Waals surface area contributed by atoms with Gasteiger partial charge in [0.05, 0.1) is 16.3 Å². The molecule has 0 aliphatic heterocycles. The number of rotatable bonds is 6. The van der Waals surface area contributed by atoms with Crippen molar-refractivity contribution in [3.8, 4) is 16.9 Å². The lowest BCUT2D eigenvalue weighted by Gasteiger charge is -2.08. The van der Waals surface area contributed by atoms with Crippen molar-refractivity contribution in [2.75, 3.05) is 0 Å². The van der Waals surface area contributed by atoms with Crippen molar-refractivity contribution < 1.29 is 9.72 Å². The Morgan fingerprint density at radius 1 is 0.933 bits per heavy atom. The van der Waals surface area contributed by atoms with Crippen LogP contribution in [0.3, 0.4) is 0 Å². The average molecular weight is 398 g/mol. The Labute approximate surface area is 172 Å². The van der Waals surface area contributed by atoms with Gasteiger partial charge in [0, 0.05) is 24.2 Å². The number of benzene rings is 3. The second kappa shape index (κ2) is 8.40. The first kappa shape index (κ1) is 19.1. The van der Waals surface area contributed by atoms with Crippen LogP contribution in [0.4, 0.5) is 5.69 Å². The number of nitro benzene ring substituents is 1. The maximum atomic E-state index is 13.0. The fourth-order valence-corrected chi connectivity index (χ4v) is 3.07. The maximum absolute atomic E-state index is 13.0. The maximum Gasteiger partial charge on any atom is 0.270 e. The van der Waals surface area contributed by atoms with Crippen molar-refractivity contribution in [1.82, 2.24) is 15.1 Å². The number of nitrogens with one attached hydrogen (secondary N) is 1. The Balaban J connectivity index is 1.69. The smallest absolute Gasteiger partial charge is 0.270 e. The van der Waals surface area contributed by atoms with Gasteiger partial charge in [-0.15, -0.1) is 0 Å². The average Bonchev–Trinajstić information content (AvgIpc) is 3.24. The molecule has 7 nitrogen and oxygen atoms in total. The van der Waals surface area contributed by atoms with Gasteiger partial charge in [0.2, 0.25) is 0 Å². The van der Waals surface area contributed by atoms with E-state index in [4.69, 9.17) is 0 Å². The van der Waals surface area contributed by atoms with Crippen LogP contribution in [0, 0.1) is 10.1 Å². The summed E-state index contributed by atoms with van der Waals surface area (Å²) in [6, 6.07) is 26.8. The number of aromatic nitrogens is 2. The molecular weight excluding hydrogens is 380 g/mol. The van der Waals surface area contributed by atoms with Crippen LogP contribution in [-0.2, 0) is 6.54 Å². The predicted molar refractivity (Wildman–Crippen MR) is 113 cm³/mol. The van der Waals surface area contributed by atoms with E-state index in [2.05, 4.69) is 10.4 Å². The molecule has 4 rings (SSSR count). The molecule has 0 fully saturated rings. The molecule has 30 heavy (non-hydrogen) atoms. The summed E-state index contributed by atoms with van der Waals surface area (Å²) in [7, 11) is 0. The van der Waals surface area contributed by atoms with Gasteiger partial charge in [-0.05, 0) is 23.8 Å². The van der Waals surface area contributed by atoms with Crippen LogP contribution >= 0.6 is 0 Å². The van der Waals surface area contributed by atoms with E-state index in [9.17, 15) is 14.9 Å². The van der Waals surface area contributed by atoms with E-state index in [-0.39, 0.29) is 11.6 Å². The van der Waals surface area contributed by atoms with Crippen LogP contribution in [0.2, 0.25) is 0 Å². The Bertz CT molecular complexity index is 1170. The fourth-order valence-electron chi connectivity index (χ4n) is 3.07. The molecule has 0 saturated heterocycles. The Hall–Kier alpha value is -4.26. The third-order valence-corrected chi connectivity index (χ3v) is 4.61. The molecule has 0 unspecified atom stereocenters. The highest BCUT2D eigenvalue weighted by Crippen LogP contribution is 2.23. The first-order chi connectivity index (χ1) is 14.6. The molecule has 4 aromatic rings. The van der Waals surface area contributed by atoms with Crippen LogP contribution in [-0.4, -0.2) is 20.6 Å². The van der Waals surface area contributed by atoms with Gasteiger partial charge in [0.15, 0.2) is 0 Å². The van der Waals surface area contributed by atoms with Crippen LogP contribution in [0.5, 0.6) is 0 Å². The van der Waals surface area contributed by atoms with Gasteiger partial charge in [0.25, 0.3) is 11.6 Å². The van der Waals surface area contributed by atoms with E-state index >= 15 is 0 Å². The second-order valence-electron chi connectivity index (χ2n) is 6.63. The summed E-state index contributed by atoms with van der Waals surface area (Å²) in [4.78, 5) is 23.4. The summed E-state index contributed by atoms with van der Waals surface area (Å²) in [5.74, 6) is -0.285. The summed E-state index contributed by atoms with van der Waals surface area (Å²) in [6.45, 7) is 0.381. The molecule has 0 spiro atoms. The summed E-state index contributed by atoms with van der Waals surface area (Å²) in [6.07, 6.45) is 0. The highest BCUT2D eigenvalue weighted by molar-refractivity contribution is 5.94. The quantitative estimate of drug-likeness (QED) is 0.386. The first-order valence-electron chi connectivity index (χ1n) is 9.34. The van der Waals surface area contributed by atoms with Gasteiger partial charge in [-0.25, -0.2) is 4.68 Å². The standard InChI is InChI=1S/C23H18N4O3/c28-23(24-16-17-7-3-1-4-8-17)22-15-21(18-9-5-2-6-10-18)25-26(22)19-11-13-20(14-12-19)27(29)30/h1-15H,16H2,(H,24,28). The minimum atomic E-state index is -0.463. The molecule has 7 heteroatoms. The van der Waals surface area contributed by atoms with E-state index < -0.39 is 4.92 Å². The Morgan fingerprint density at radius 3 is 2.20 bits per heavy atom. The Kier molecular flexibility index (Phi) is 5.34. The van der Waals surface area contributed by atoms with Crippen molar-refractivity contribution in [3.05, 3.63) is 112 Å². The van der Waals surface area contributed by atoms with Gasteiger partial charge in [-0.2, -0.15) is 5.10 Å². The topological polar surface area (TPSA) is 90.1 Å². The molecule has 0 saturated carbocycles. The number of nitro groups is 1. The lowest BCUT2D eigenvalue weighted by molar-refractivity contribution is -0.384. The zero-order chi connectivity index (χ0) is 20.9. The van der Waals surface area contributed by atoms with Crippen LogP contribution < -0.4 is 5.32 Å². The van der Waals surface area contributed by atoms with Crippen LogP contribution in [0.25, 0.3) is 16.9 Å². The zero-order valence-corrected chi connectivity index (χ0v) is 15.9. The normalized spacial score (nSPS) is 10.5. The number of carbonyl (C=O) groups excluding carboxylic acids is 1. The SMILES string of the molecule is O=C(NCc1ccccc1)c1cc(-c2ccccc2)nn1-c1ccc([N+](=O)[O-])cc1. The zero-order valence-electron chi connectivity index (χ0n) is 15.9. The number of non-ortho nitro benzene ring substituents is 1. The van der Waals surface area contributed by atoms with Crippen LogP contribution in [0.1, 0.15) is 16.1 Å². The monoisotopic (exact) mass is 398 g/mol. The number of hydrogen-bond donors (Lipinski definition) is 1. The molecule has 1 N–H and O–H groups in total. The molecule has 0 radical (unpaired) electrons. The van der Waals surface area contributed by atoms with Gasteiger partial charge in [-0.3, -0.25) is 14.9 Å². The summed E-state index contributed by atoms with van der Waals surface area (Å²) < 4.78 is 1.51. The number of amides is 1. The molecule has 148 valence electrons. The predicted octanol–water partition coefficient (Wildman–Crippen LogP) is 4.38. The summed E-state index contributed by atoms with van der Waals surface area (Å²) in [5, 5.41) is 18.5. The van der Waals surface area contributed by atoms with E-state index in [0.717, 1.165) is 11.1 Å². The summed E-state index contributed by atoms with van der Waals surface area (Å²) in [5.41, 5.74) is 3.38. The van der Waals surface area contributed by atoms with E-state index in [1.807, 2.05) is 60.7 Å². The van der Waals surface area contributed by atoms with Gasteiger partial charge < -0.3 is 5.32 Å². The number of carbonyl (C=O) groups is 1. The van der Waals surface area contributed by atoms with Crippen molar-refractivity contribution >= 4 is 11.6 Å². The van der Waals surface area contributed by atoms with Crippen molar-refractivity contribution in [3.63, 3.8) is 0 Å². The van der Waals surface area contributed by atoms with Crippen LogP contribution in [0.15, 0.2) is 91.0 Å². The molecule has 1 aromatic heterocycles. The van der Waals surface area contributed by atoms with Gasteiger partial charge in [0.1, 0.15) is 5.69 Å². The minimum absolute atomic E-state index is 0.0238. The molecule has 3 aromatic carbocycles. The van der Waals surface area contributed by atoms with E-state index in [0.29, 0.717) is 23.6 Å². The summed E-state index contributed by atoms with van der Waals surface area (Å²) >= 11 is 0. The molecule has 1 heterocycles. The second-order valence-corrected chi connectivity index (χ2v) is 6.63. The van der Waals surface area contributed by atoms with Gasteiger partial charge in [-0.1, -0.05) is 60.7 Å². The molecule has 1 amide bonds. The first-order valence-corrected chi connectivity index (χ1v) is 9.34. The molecular formula is C23H18N4O3. The third kappa shape index (κ3) is 4.10. The Morgan fingerprint density at radius 2 is 1.57 bits per heavy atom. The van der Waals surface area contributed by atoms with Crippen molar-refractivity contribution in [2.24, 2.45) is 0 Å². The third-order valence-electron chi connectivity index (χ3n) is 4.61. The number of nitrogens with zero attached hydrogens (tertiary/aromatic N) is 3. The lowest BCUT2D eigenvalue weighted by Crippen LogP contribution is -2.25. The fraction of sp³-hybridized carbons (Fsp3) is 0.0435. The van der Waals surface area contributed by atoms with E-state index in [1.165, 1.54) is 16.8 Å². The highest BCUT2D eigenvalue weighted by Gasteiger charge is 2.18. The molecule has 0 aliphatic rings. The highest BCUT2D eigenvalue weighted by atomic mass is 16.6. The number of hydrogen-bond acceptors (Lipinski definition) is 4. The molecule has 0 bridgehead atoms. The molecule has 0 atom stereocenters. The van der Waals surface area contributed by atoms with E-state index in [1.54, 1.807) is 18.2 Å². The molecule has 0 aliphatic carbocycles.